The summed E-state index contributed by atoms with van der Waals surface area (Å²) in [5.74, 6) is -0.933. The van der Waals surface area contributed by atoms with Gasteiger partial charge in [-0.2, -0.15) is 0 Å². The van der Waals surface area contributed by atoms with Gasteiger partial charge in [0.2, 0.25) is 5.91 Å². The largest absolute Gasteiger partial charge is 0.481 e. The molecule has 1 unspecified atom stereocenters. The third kappa shape index (κ3) is 9.42. The van der Waals surface area contributed by atoms with E-state index < -0.39 is 5.97 Å². The molecular formula is C10H20N2O4. The summed E-state index contributed by atoms with van der Waals surface area (Å²) < 4.78 is 4.78. The quantitative estimate of drug-likeness (QED) is 0.470. The zero-order valence-electron chi connectivity index (χ0n) is 9.78. The average Bonchev–Trinajstić information content (AvgIpc) is 2.24. The zero-order chi connectivity index (χ0) is 12.4. The van der Waals surface area contributed by atoms with Crippen LogP contribution in [0.5, 0.6) is 0 Å². The van der Waals surface area contributed by atoms with E-state index in [1.165, 1.54) is 0 Å². The van der Waals surface area contributed by atoms with E-state index in [0.29, 0.717) is 19.6 Å². The van der Waals surface area contributed by atoms with E-state index in [0.717, 1.165) is 0 Å². The van der Waals surface area contributed by atoms with Crippen LogP contribution in [0.4, 0.5) is 0 Å². The third-order valence-electron chi connectivity index (χ3n) is 2.03. The number of ether oxygens (including phenoxy) is 1. The number of nitrogens with one attached hydrogen (secondary N) is 2. The second-order valence-electron chi connectivity index (χ2n) is 3.56. The molecule has 0 spiro atoms. The van der Waals surface area contributed by atoms with Crippen LogP contribution in [0.1, 0.15) is 19.8 Å². The molecule has 0 aliphatic rings. The van der Waals surface area contributed by atoms with Gasteiger partial charge in [0, 0.05) is 26.1 Å². The molecule has 0 radical (unpaired) electrons. The number of rotatable bonds is 9. The lowest BCUT2D eigenvalue weighted by atomic mass is 10.2. The zero-order valence-corrected chi connectivity index (χ0v) is 9.78. The normalized spacial score (nSPS) is 12.1. The summed E-state index contributed by atoms with van der Waals surface area (Å²) in [4.78, 5) is 21.5. The van der Waals surface area contributed by atoms with Crippen molar-refractivity contribution in [3.05, 3.63) is 0 Å². The summed E-state index contributed by atoms with van der Waals surface area (Å²) in [7, 11) is 1.57. The Morgan fingerprint density at radius 3 is 2.69 bits per heavy atom. The highest BCUT2D eigenvalue weighted by Crippen LogP contribution is 1.95. The summed E-state index contributed by atoms with van der Waals surface area (Å²) in [6.07, 6.45) is 0.625. The Morgan fingerprint density at radius 2 is 2.12 bits per heavy atom. The van der Waals surface area contributed by atoms with Gasteiger partial charge in [0.25, 0.3) is 0 Å². The van der Waals surface area contributed by atoms with Crippen molar-refractivity contribution in [1.82, 2.24) is 10.6 Å². The van der Waals surface area contributed by atoms with Crippen molar-refractivity contribution < 1.29 is 19.4 Å². The molecule has 6 nitrogen and oxygen atoms in total. The third-order valence-corrected chi connectivity index (χ3v) is 2.03. The average molecular weight is 232 g/mol. The van der Waals surface area contributed by atoms with E-state index in [9.17, 15) is 9.59 Å². The maximum atomic E-state index is 11.2. The van der Waals surface area contributed by atoms with Gasteiger partial charge < -0.3 is 20.5 Å². The highest BCUT2D eigenvalue weighted by molar-refractivity contribution is 5.78. The van der Waals surface area contributed by atoms with E-state index in [1.54, 1.807) is 7.11 Å². The van der Waals surface area contributed by atoms with Gasteiger partial charge in [0.1, 0.15) is 0 Å². The number of carbonyl (C=O) groups excluding carboxylic acids is 1. The van der Waals surface area contributed by atoms with Gasteiger partial charge >= 0.3 is 5.97 Å². The number of carbonyl (C=O) groups is 2. The van der Waals surface area contributed by atoms with Gasteiger partial charge in [-0.1, -0.05) is 0 Å². The molecule has 0 bridgehead atoms. The van der Waals surface area contributed by atoms with Crippen molar-refractivity contribution in [3.63, 3.8) is 0 Å². The van der Waals surface area contributed by atoms with E-state index in [4.69, 9.17) is 9.84 Å². The van der Waals surface area contributed by atoms with Crippen molar-refractivity contribution >= 4 is 11.9 Å². The molecule has 1 atom stereocenters. The molecule has 1 amide bonds. The second kappa shape index (κ2) is 9.11. The lowest BCUT2D eigenvalue weighted by Crippen LogP contribution is -2.39. The molecule has 0 aliphatic heterocycles. The minimum Gasteiger partial charge on any atom is -0.481 e. The van der Waals surface area contributed by atoms with Gasteiger partial charge in [-0.15, -0.1) is 0 Å². The van der Waals surface area contributed by atoms with Gasteiger partial charge in [0.05, 0.1) is 13.2 Å². The van der Waals surface area contributed by atoms with Crippen LogP contribution in [0.3, 0.4) is 0 Å². The van der Waals surface area contributed by atoms with Crippen LogP contribution < -0.4 is 10.6 Å². The summed E-state index contributed by atoms with van der Waals surface area (Å²) in [5.41, 5.74) is 0. The van der Waals surface area contributed by atoms with Crippen LogP contribution in [0, 0.1) is 0 Å². The lowest BCUT2D eigenvalue weighted by Gasteiger charge is -2.12. The lowest BCUT2D eigenvalue weighted by molar-refractivity contribution is -0.137. The molecule has 94 valence electrons. The summed E-state index contributed by atoms with van der Waals surface area (Å²) >= 11 is 0. The Hall–Kier alpha value is -1.14. The van der Waals surface area contributed by atoms with E-state index in [1.807, 2.05) is 6.92 Å². The molecule has 0 heterocycles. The molecule has 0 saturated heterocycles. The minimum atomic E-state index is -0.821. The topological polar surface area (TPSA) is 87.7 Å². The second-order valence-corrected chi connectivity index (χ2v) is 3.56. The van der Waals surface area contributed by atoms with E-state index in [-0.39, 0.29) is 24.9 Å². The first-order valence-electron chi connectivity index (χ1n) is 5.27. The minimum absolute atomic E-state index is 0.0178. The molecule has 0 aliphatic carbocycles. The first kappa shape index (κ1) is 14.9. The molecule has 6 heteroatoms. The van der Waals surface area contributed by atoms with E-state index >= 15 is 0 Å². The fourth-order valence-electron chi connectivity index (χ4n) is 1.06. The van der Waals surface area contributed by atoms with Crippen LogP contribution >= 0.6 is 0 Å². The Kier molecular flexibility index (Phi) is 8.46. The molecular weight excluding hydrogens is 212 g/mol. The van der Waals surface area contributed by atoms with Crippen molar-refractivity contribution in [3.8, 4) is 0 Å². The van der Waals surface area contributed by atoms with Gasteiger partial charge in [-0.05, 0) is 13.3 Å². The number of hydrogen-bond acceptors (Lipinski definition) is 4. The number of carboxylic acids is 1. The Labute approximate surface area is 95.4 Å². The predicted molar refractivity (Wildman–Crippen MR) is 59.2 cm³/mol. The number of aliphatic carboxylic acids is 1. The van der Waals surface area contributed by atoms with E-state index in [2.05, 4.69) is 10.6 Å². The molecule has 0 aromatic rings. The van der Waals surface area contributed by atoms with Crippen LogP contribution in [-0.4, -0.2) is 49.8 Å². The summed E-state index contributed by atoms with van der Waals surface area (Å²) in [6, 6.07) is 0.0178. The van der Waals surface area contributed by atoms with Crippen molar-refractivity contribution in [2.24, 2.45) is 0 Å². The van der Waals surface area contributed by atoms with Crippen LogP contribution in [-0.2, 0) is 14.3 Å². The molecule has 16 heavy (non-hydrogen) atoms. The first-order valence-corrected chi connectivity index (χ1v) is 5.27. The molecule has 3 N–H and O–H groups in total. The van der Waals surface area contributed by atoms with Gasteiger partial charge in [0.15, 0.2) is 0 Å². The Balaban J connectivity index is 3.47. The number of methoxy groups -OCH3 is 1. The Bertz CT molecular complexity index is 221. The predicted octanol–water partition coefficient (Wildman–Crippen LogP) is -0.408. The first-order chi connectivity index (χ1) is 7.56. The Morgan fingerprint density at radius 1 is 1.44 bits per heavy atom. The van der Waals surface area contributed by atoms with Crippen LogP contribution in [0.25, 0.3) is 0 Å². The van der Waals surface area contributed by atoms with Crippen molar-refractivity contribution in [2.75, 3.05) is 26.8 Å². The number of carboxylic acid groups (broad SMARTS) is 1. The van der Waals surface area contributed by atoms with Gasteiger partial charge in [-0.25, -0.2) is 0 Å². The highest BCUT2D eigenvalue weighted by atomic mass is 16.5. The smallest absolute Gasteiger partial charge is 0.303 e. The van der Waals surface area contributed by atoms with Gasteiger partial charge in [-0.3, -0.25) is 9.59 Å². The maximum absolute atomic E-state index is 11.2. The molecule has 0 saturated carbocycles. The summed E-state index contributed by atoms with van der Waals surface area (Å²) in [5, 5.41) is 14.1. The monoisotopic (exact) mass is 232 g/mol. The van der Waals surface area contributed by atoms with Crippen molar-refractivity contribution in [1.29, 1.82) is 0 Å². The van der Waals surface area contributed by atoms with Crippen LogP contribution in [0.15, 0.2) is 0 Å². The molecule has 0 aromatic heterocycles. The highest BCUT2D eigenvalue weighted by Gasteiger charge is 2.06. The molecule has 0 aromatic carbocycles. The van der Waals surface area contributed by atoms with Crippen LogP contribution in [0.2, 0.25) is 0 Å². The maximum Gasteiger partial charge on any atom is 0.303 e. The number of hydrogen-bond donors (Lipinski definition) is 3. The fraction of sp³-hybridized carbons (Fsp3) is 0.800. The standard InChI is InChI=1S/C10H20N2O4/c1-8(3-4-10(14)15)12-7-9(13)11-5-6-16-2/h8,12H,3-7H2,1-2H3,(H,11,13)(H,14,15). The molecule has 0 rings (SSSR count). The molecule has 0 fully saturated rings. The summed E-state index contributed by atoms with van der Waals surface area (Å²) in [6.45, 7) is 3.02. The van der Waals surface area contributed by atoms with Crippen molar-refractivity contribution in [2.45, 2.75) is 25.8 Å². The fourth-order valence-corrected chi connectivity index (χ4v) is 1.06. The SMILES string of the molecule is COCCNC(=O)CNC(C)CCC(=O)O. The number of amides is 1.